The van der Waals surface area contributed by atoms with Gasteiger partial charge in [0.25, 0.3) is 15.9 Å². The van der Waals surface area contributed by atoms with E-state index in [1.807, 2.05) is 24.3 Å². The maximum absolute atomic E-state index is 12.5. The number of amides is 1. The maximum Gasteiger partial charge on any atom is 0.287 e. The molecule has 0 unspecified atom stereocenters. The highest BCUT2D eigenvalue weighted by Crippen LogP contribution is 2.20. The van der Waals surface area contributed by atoms with Crippen LogP contribution in [-0.2, 0) is 21.2 Å². The van der Waals surface area contributed by atoms with Crippen molar-refractivity contribution >= 4 is 15.9 Å². The molecule has 9 heteroatoms. The number of morpholine rings is 1. The summed E-state index contributed by atoms with van der Waals surface area (Å²) < 4.78 is 41.9. The molecule has 1 aromatic heterocycles. The third-order valence-corrected chi connectivity index (χ3v) is 5.98. The predicted octanol–water partition coefficient (Wildman–Crippen LogP) is 1.28. The van der Waals surface area contributed by atoms with Crippen LogP contribution in [0.4, 0.5) is 0 Å². The van der Waals surface area contributed by atoms with Crippen LogP contribution in [0.25, 0.3) is 0 Å². The summed E-state index contributed by atoms with van der Waals surface area (Å²) in [7, 11) is -2.16. The van der Waals surface area contributed by atoms with Gasteiger partial charge >= 0.3 is 0 Å². The molecule has 0 saturated carbocycles. The molecular formula is C18H22N2O6S. The summed E-state index contributed by atoms with van der Waals surface area (Å²) >= 11 is 0. The van der Waals surface area contributed by atoms with Crippen LogP contribution < -0.4 is 10.1 Å². The number of sulfonamides is 1. The number of rotatable bonds is 7. The molecule has 1 amide bonds. The van der Waals surface area contributed by atoms with Gasteiger partial charge in [0.05, 0.1) is 20.3 Å². The largest absolute Gasteiger partial charge is 0.497 e. The van der Waals surface area contributed by atoms with E-state index in [4.69, 9.17) is 13.9 Å². The molecule has 146 valence electrons. The SMILES string of the molecule is COc1cccc(CCNC(=O)c2ccc(S(=O)(=O)N3CCOCC3)o2)c1. The average molecular weight is 394 g/mol. The lowest BCUT2D eigenvalue weighted by molar-refractivity contribution is 0.0722. The number of carbonyl (C=O) groups is 1. The van der Waals surface area contributed by atoms with Gasteiger partial charge in [-0.2, -0.15) is 4.31 Å². The molecule has 0 bridgehead atoms. The molecule has 2 aromatic rings. The van der Waals surface area contributed by atoms with Crippen molar-refractivity contribution < 1.29 is 27.1 Å². The van der Waals surface area contributed by atoms with Crippen LogP contribution in [0.3, 0.4) is 0 Å². The Bertz CT molecular complexity index is 887. The first-order valence-corrected chi connectivity index (χ1v) is 10.0. The predicted molar refractivity (Wildman–Crippen MR) is 97.3 cm³/mol. The molecule has 1 aliphatic heterocycles. The minimum Gasteiger partial charge on any atom is -0.497 e. The smallest absolute Gasteiger partial charge is 0.287 e. The van der Waals surface area contributed by atoms with E-state index in [-0.39, 0.29) is 23.9 Å². The number of hydrogen-bond acceptors (Lipinski definition) is 6. The van der Waals surface area contributed by atoms with Crippen LogP contribution >= 0.6 is 0 Å². The van der Waals surface area contributed by atoms with Gasteiger partial charge in [0, 0.05) is 19.6 Å². The van der Waals surface area contributed by atoms with Gasteiger partial charge in [0.1, 0.15) is 5.75 Å². The average Bonchev–Trinajstić information content (AvgIpc) is 3.20. The first kappa shape index (κ1) is 19.4. The molecule has 1 aromatic carbocycles. The number of hydrogen-bond donors (Lipinski definition) is 1. The van der Waals surface area contributed by atoms with Crippen LogP contribution in [0.2, 0.25) is 0 Å². The molecule has 2 heterocycles. The van der Waals surface area contributed by atoms with Crippen molar-refractivity contribution in [1.29, 1.82) is 0 Å². The second kappa shape index (κ2) is 8.55. The highest BCUT2D eigenvalue weighted by Gasteiger charge is 2.29. The van der Waals surface area contributed by atoms with E-state index >= 15 is 0 Å². The summed E-state index contributed by atoms with van der Waals surface area (Å²) in [6, 6.07) is 10.2. The Morgan fingerprint density at radius 3 is 2.74 bits per heavy atom. The lowest BCUT2D eigenvalue weighted by Crippen LogP contribution is -2.40. The van der Waals surface area contributed by atoms with Crippen molar-refractivity contribution in [1.82, 2.24) is 9.62 Å². The third kappa shape index (κ3) is 4.68. The summed E-state index contributed by atoms with van der Waals surface area (Å²) in [5.74, 6) is 0.261. The Hall–Kier alpha value is -2.36. The van der Waals surface area contributed by atoms with Gasteiger partial charge in [-0.05, 0) is 36.2 Å². The van der Waals surface area contributed by atoms with Gasteiger partial charge in [-0.1, -0.05) is 12.1 Å². The molecule has 1 aliphatic rings. The molecule has 0 spiro atoms. The fourth-order valence-corrected chi connectivity index (χ4v) is 4.05. The highest BCUT2D eigenvalue weighted by atomic mass is 32.2. The van der Waals surface area contributed by atoms with Crippen molar-refractivity contribution in [3.63, 3.8) is 0 Å². The molecule has 0 atom stereocenters. The van der Waals surface area contributed by atoms with Crippen molar-refractivity contribution in [3.8, 4) is 5.75 Å². The van der Waals surface area contributed by atoms with Crippen LogP contribution in [-0.4, -0.2) is 58.6 Å². The Labute approximate surface area is 158 Å². The van der Waals surface area contributed by atoms with E-state index < -0.39 is 15.9 Å². The summed E-state index contributed by atoms with van der Waals surface area (Å²) in [5, 5.41) is 2.49. The van der Waals surface area contributed by atoms with E-state index in [1.54, 1.807) is 7.11 Å². The summed E-state index contributed by atoms with van der Waals surface area (Å²) in [5.41, 5.74) is 1.02. The van der Waals surface area contributed by atoms with Gasteiger partial charge in [-0.3, -0.25) is 4.79 Å². The van der Waals surface area contributed by atoms with Crippen molar-refractivity contribution in [2.75, 3.05) is 40.0 Å². The fraction of sp³-hybridized carbons (Fsp3) is 0.389. The van der Waals surface area contributed by atoms with E-state index in [1.165, 1.54) is 16.4 Å². The lowest BCUT2D eigenvalue weighted by atomic mass is 10.1. The lowest BCUT2D eigenvalue weighted by Gasteiger charge is -2.24. The first-order valence-electron chi connectivity index (χ1n) is 8.59. The van der Waals surface area contributed by atoms with Crippen LogP contribution in [0.1, 0.15) is 16.1 Å². The molecule has 27 heavy (non-hydrogen) atoms. The Kier molecular flexibility index (Phi) is 6.15. The standard InChI is InChI=1S/C18H22N2O6S/c1-24-15-4-2-3-14(13-15)7-8-19-18(21)16-5-6-17(26-16)27(22,23)20-9-11-25-12-10-20/h2-6,13H,7-12H2,1H3,(H,19,21). The molecule has 1 fully saturated rings. The zero-order valence-electron chi connectivity index (χ0n) is 15.0. The second-order valence-electron chi connectivity index (χ2n) is 5.99. The van der Waals surface area contributed by atoms with Gasteiger partial charge in [-0.25, -0.2) is 8.42 Å². The van der Waals surface area contributed by atoms with Crippen molar-refractivity contribution in [2.45, 2.75) is 11.5 Å². The van der Waals surface area contributed by atoms with Crippen LogP contribution in [0, 0.1) is 0 Å². The van der Waals surface area contributed by atoms with Gasteiger partial charge in [-0.15, -0.1) is 0 Å². The van der Waals surface area contributed by atoms with Gasteiger partial charge in [0.2, 0.25) is 5.09 Å². The molecule has 3 rings (SSSR count). The quantitative estimate of drug-likeness (QED) is 0.760. The number of carbonyl (C=O) groups excluding carboxylic acids is 1. The number of nitrogens with zero attached hydrogens (tertiary/aromatic N) is 1. The van der Waals surface area contributed by atoms with E-state index in [0.717, 1.165) is 11.3 Å². The number of benzene rings is 1. The monoisotopic (exact) mass is 394 g/mol. The van der Waals surface area contributed by atoms with Crippen LogP contribution in [0.15, 0.2) is 45.9 Å². The Morgan fingerprint density at radius 1 is 1.22 bits per heavy atom. The first-order chi connectivity index (χ1) is 13.0. The second-order valence-corrected chi connectivity index (χ2v) is 7.86. The van der Waals surface area contributed by atoms with Crippen molar-refractivity contribution in [2.24, 2.45) is 0 Å². The number of methoxy groups -OCH3 is 1. The maximum atomic E-state index is 12.5. The Morgan fingerprint density at radius 2 is 2.00 bits per heavy atom. The zero-order valence-corrected chi connectivity index (χ0v) is 15.8. The summed E-state index contributed by atoms with van der Waals surface area (Å²) in [6.07, 6.45) is 0.614. The number of furan rings is 1. The molecular weight excluding hydrogens is 372 g/mol. The minimum atomic E-state index is -3.75. The van der Waals surface area contributed by atoms with E-state index in [0.29, 0.717) is 26.2 Å². The molecule has 0 aliphatic carbocycles. The summed E-state index contributed by atoms with van der Waals surface area (Å²) in [4.78, 5) is 12.2. The molecule has 1 N–H and O–H groups in total. The van der Waals surface area contributed by atoms with E-state index in [9.17, 15) is 13.2 Å². The molecule has 1 saturated heterocycles. The van der Waals surface area contributed by atoms with Crippen LogP contribution in [0.5, 0.6) is 5.75 Å². The van der Waals surface area contributed by atoms with E-state index in [2.05, 4.69) is 5.32 Å². The minimum absolute atomic E-state index is 0.0347. The Balaban J connectivity index is 1.58. The van der Waals surface area contributed by atoms with Gasteiger partial charge < -0.3 is 19.2 Å². The summed E-state index contributed by atoms with van der Waals surface area (Å²) in [6.45, 7) is 1.61. The number of ether oxygens (including phenoxy) is 2. The molecule has 8 nitrogen and oxygen atoms in total. The van der Waals surface area contributed by atoms with Gasteiger partial charge in [0.15, 0.2) is 5.76 Å². The molecule has 0 radical (unpaired) electrons. The third-order valence-electron chi connectivity index (χ3n) is 4.20. The topological polar surface area (TPSA) is 98.1 Å². The highest BCUT2D eigenvalue weighted by molar-refractivity contribution is 7.89. The zero-order chi connectivity index (χ0) is 19.3. The fourth-order valence-electron chi connectivity index (χ4n) is 2.73. The normalized spacial score (nSPS) is 15.4. The van der Waals surface area contributed by atoms with Crippen molar-refractivity contribution in [3.05, 3.63) is 47.7 Å². The number of nitrogens with one attached hydrogen (secondary N) is 1.